The largest absolute Gasteiger partial charge is 0.416 e. The highest BCUT2D eigenvalue weighted by atomic mass is 32.2. The van der Waals surface area contributed by atoms with Crippen LogP contribution in [0, 0.1) is 5.92 Å². The zero-order valence-corrected chi connectivity index (χ0v) is 16.0. The molecule has 0 N–H and O–H groups in total. The number of likely N-dealkylation sites (tertiary alicyclic amines) is 1. The number of fused-ring (bicyclic) bond motifs is 1. The average molecular weight is 410 g/mol. The third-order valence-electron chi connectivity index (χ3n) is 5.56. The summed E-state index contributed by atoms with van der Waals surface area (Å²) in [6.45, 7) is 2.26. The van der Waals surface area contributed by atoms with Crippen LogP contribution in [0.5, 0.6) is 0 Å². The fraction of sp³-hybridized carbons (Fsp3) is 0.400. The Labute approximate surface area is 162 Å². The van der Waals surface area contributed by atoms with Crippen LogP contribution in [0.15, 0.2) is 54.6 Å². The lowest BCUT2D eigenvalue weighted by Crippen LogP contribution is -2.54. The van der Waals surface area contributed by atoms with Gasteiger partial charge >= 0.3 is 6.18 Å². The molecule has 2 aliphatic rings. The van der Waals surface area contributed by atoms with Gasteiger partial charge in [-0.15, -0.1) is 0 Å². The molecule has 0 aliphatic carbocycles. The molecule has 150 valence electrons. The van der Waals surface area contributed by atoms with E-state index in [0.29, 0.717) is 25.6 Å². The van der Waals surface area contributed by atoms with Crippen molar-refractivity contribution in [3.05, 3.63) is 71.3 Å². The SMILES string of the molecule is O=S(=O)(Cc1ccccc1)N1CC2CN(Cc3ccc(C(F)(F)F)cc3)C2C1. The standard InChI is InChI=1S/C20H21F3N2O2S/c21-20(22,23)18-8-6-15(7-9-18)10-24-11-17-12-25(13-19(17)24)28(26,27)14-16-4-2-1-3-5-16/h1-9,17,19H,10-14H2. The summed E-state index contributed by atoms with van der Waals surface area (Å²) in [7, 11) is -3.38. The Hall–Kier alpha value is -1.90. The quantitative estimate of drug-likeness (QED) is 0.759. The molecule has 2 heterocycles. The number of hydrogen-bond acceptors (Lipinski definition) is 3. The van der Waals surface area contributed by atoms with E-state index in [2.05, 4.69) is 4.90 Å². The predicted octanol–water partition coefficient (Wildman–Crippen LogP) is 3.35. The molecule has 0 aromatic heterocycles. The molecule has 0 spiro atoms. The minimum absolute atomic E-state index is 0.00775. The van der Waals surface area contributed by atoms with E-state index in [1.165, 1.54) is 12.1 Å². The number of alkyl halides is 3. The van der Waals surface area contributed by atoms with Crippen molar-refractivity contribution < 1.29 is 21.6 Å². The van der Waals surface area contributed by atoms with E-state index in [-0.39, 0.29) is 11.8 Å². The van der Waals surface area contributed by atoms with Crippen LogP contribution < -0.4 is 0 Å². The van der Waals surface area contributed by atoms with Gasteiger partial charge in [0, 0.05) is 38.1 Å². The monoisotopic (exact) mass is 410 g/mol. The number of nitrogens with zero attached hydrogens (tertiary/aromatic N) is 2. The summed E-state index contributed by atoms with van der Waals surface area (Å²) in [4.78, 5) is 2.14. The number of benzene rings is 2. The molecular weight excluding hydrogens is 389 g/mol. The van der Waals surface area contributed by atoms with Crippen molar-refractivity contribution in [1.29, 1.82) is 0 Å². The second kappa shape index (κ2) is 7.17. The molecular formula is C20H21F3N2O2S. The lowest BCUT2D eigenvalue weighted by molar-refractivity contribution is -0.137. The summed E-state index contributed by atoms with van der Waals surface area (Å²) in [5.41, 5.74) is 0.914. The van der Waals surface area contributed by atoms with Gasteiger partial charge in [0.25, 0.3) is 0 Å². The maximum Gasteiger partial charge on any atom is 0.416 e. The number of halogens is 3. The lowest BCUT2D eigenvalue weighted by atomic mass is 9.91. The van der Waals surface area contributed by atoms with Gasteiger partial charge in [0.05, 0.1) is 11.3 Å². The van der Waals surface area contributed by atoms with Crippen LogP contribution in [0.25, 0.3) is 0 Å². The molecule has 0 radical (unpaired) electrons. The van der Waals surface area contributed by atoms with Crippen molar-refractivity contribution in [3.8, 4) is 0 Å². The van der Waals surface area contributed by atoms with Gasteiger partial charge in [-0.2, -0.15) is 17.5 Å². The van der Waals surface area contributed by atoms with Crippen molar-refractivity contribution in [3.63, 3.8) is 0 Å². The van der Waals surface area contributed by atoms with Crippen LogP contribution in [0.1, 0.15) is 16.7 Å². The Balaban J connectivity index is 1.37. The fourth-order valence-corrected chi connectivity index (χ4v) is 5.62. The molecule has 4 nitrogen and oxygen atoms in total. The van der Waals surface area contributed by atoms with E-state index in [1.807, 2.05) is 18.2 Å². The highest BCUT2D eigenvalue weighted by Gasteiger charge is 2.48. The summed E-state index contributed by atoms with van der Waals surface area (Å²) in [6, 6.07) is 14.4. The maximum atomic E-state index is 12.7. The van der Waals surface area contributed by atoms with E-state index < -0.39 is 21.8 Å². The summed E-state index contributed by atoms with van der Waals surface area (Å²) >= 11 is 0. The van der Waals surface area contributed by atoms with Gasteiger partial charge in [-0.25, -0.2) is 8.42 Å². The summed E-state index contributed by atoms with van der Waals surface area (Å²) in [5.74, 6) is 0.284. The van der Waals surface area contributed by atoms with Crippen molar-refractivity contribution >= 4 is 10.0 Å². The zero-order chi connectivity index (χ0) is 19.9. The number of hydrogen-bond donors (Lipinski definition) is 0. The van der Waals surface area contributed by atoms with E-state index in [1.54, 1.807) is 16.4 Å². The summed E-state index contributed by atoms with van der Waals surface area (Å²) in [6.07, 6.45) is -4.33. The van der Waals surface area contributed by atoms with Crippen LogP contribution in [0.4, 0.5) is 13.2 Å². The first-order valence-electron chi connectivity index (χ1n) is 9.14. The first kappa shape index (κ1) is 19.4. The number of sulfonamides is 1. The lowest BCUT2D eigenvalue weighted by Gasteiger charge is -2.43. The van der Waals surface area contributed by atoms with E-state index in [9.17, 15) is 21.6 Å². The Morgan fingerprint density at radius 3 is 2.21 bits per heavy atom. The van der Waals surface area contributed by atoms with E-state index in [0.717, 1.165) is 29.8 Å². The highest BCUT2D eigenvalue weighted by Crippen LogP contribution is 2.36. The van der Waals surface area contributed by atoms with Gasteiger partial charge in [-0.05, 0) is 23.3 Å². The first-order valence-corrected chi connectivity index (χ1v) is 10.8. The van der Waals surface area contributed by atoms with Gasteiger partial charge in [-0.1, -0.05) is 42.5 Å². The highest BCUT2D eigenvalue weighted by molar-refractivity contribution is 7.88. The predicted molar refractivity (Wildman–Crippen MR) is 99.8 cm³/mol. The molecule has 0 amide bonds. The van der Waals surface area contributed by atoms with Crippen molar-refractivity contribution in [2.45, 2.75) is 24.5 Å². The minimum Gasteiger partial charge on any atom is -0.294 e. The van der Waals surface area contributed by atoms with Crippen molar-refractivity contribution in [2.75, 3.05) is 19.6 Å². The van der Waals surface area contributed by atoms with Crippen LogP contribution >= 0.6 is 0 Å². The summed E-state index contributed by atoms with van der Waals surface area (Å²) < 4.78 is 65.0. The molecule has 0 bridgehead atoms. The van der Waals surface area contributed by atoms with Crippen LogP contribution in [0.2, 0.25) is 0 Å². The topological polar surface area (TPSA) is 40.6 Å². The Morgan fingerprint density at radius 1 is 0.893 bits per heavy atom. The van der Waals surface area contributed by atoms with E-state index in [4.69, 9.17) is 0 Å². The second-order valence-corrected chi connectivity index (χ2v) is 9.48. The maximum absolute atomic E-state index is 12.7. The second-order valence-electron chi connectivity index (χ2n) is 7.51. The molecule has 0 saturated carbocycles. The smallest absolute Gasteiger partial charge is 0.294 e. The Morgan fingerprint density at radius 2 is 1.57 bits per heavy atom. The van der Waals surface area contributed by atoms with Crippen molar-refractivity contribution in [2.24, 2.45) is 5.92 Å². The molecule has 4 rings (SSSR count). The fourth-order valence-electron chi connectivity index (χ4n) is 4.03. The van der Waals surface area contributed by atoms with E-state index >= 15 is 0 Å². The van der Waals surface area contributed by atoms with Crippen LogP contribution in [0.3, 0.4) is 0 Å². The van der Waals surface area contributed by atoms with Gasteiger partial charge in [0.15, 0.2) is 0 Å². The van der Waals surface area contributed by atoms with Gasteiger partial charge in [-0.3, -0.25) is 4.90 Å². The summed E-state index contributed by atoms with van der Waals surface area (Å²) in [5, 5.41) is 0. The first-order chi connectivity index (χ1) is 13.2. The number of rotatable bonds is 5. The third-order valence-corrected chi connectivity index (χ3v) is 7.35. The van der Waals surface area contributed by atoms with Crippen LogP contribution in [-0.4, -0.2) is 43.3 Å². The molecule has 2 aliphatic heterocycles. The van der Waals surface area contributed by atoms with Gasteiger partial charge in [0.1, 0.15) is 0 Å². The van der Waals surface area contributed by atoms with Gasteiger partial charge < -0.3 is 0 Å². The zero-order valence-electron chi connectivity index (χ0n) is 15.1. The Kier molecular flexibility index (Phi) is 4.97. The minimum atomic E-state index is -4.33. The molecule has 2 fully saturated rings. The molecule has 2 aromatic rings. The average Bonchev–Trinajstić information content (AvgIpc) is 2.98. The third kappa shape index (κ3) is 3.94. The molecule has 28 heavy (non-hydrogen) atoms. The molecule has 2 aromatic carbocycles. The van der Waals surface area contributed by atoms with Gasteiger partial charge in [0.2, 0.25) is 10.0 Å². The van der Waals surface area contributed by atoms with Crippen LogP contribution in [-0.2, 0) is 28.5 Å². The molecule has 8 heteroatoms. The van der Waals surface area contributed by atoms with Crippen molar-refractivity contribution in [1.82, 2.24) is 9.21 Å². The molecule has 2 atom stereocenters. The molecule has 2 saturated heterocycles. The normalized spacial score (nSPS) is 23.4. The molecule has 2 unspecified atom stereocenters. The Bertz CT molecular complexity index is 930.